The van der Waals surface area contributed by atoms with E-state index in [1.807, 2.05) is 121 Å². The van der Waals surface area contributed by atoms with E-state index in [0.717, 1.165) is 85.0 Å². The normalized spacial score (nSPS) is 15.5. The van der Waals surface area contributed by atoms with Crippen LogP contribution in [0.4, 0.5) is 0 Å². The lowest BCUT2D eigenvalue weighted by Crippen LogP contribution is -2.34. The Morgan fingerprint density at radius 3 is 0.983 bits per heavy atom. The van der Waals surface area contributed by atoms with Gasteiger partial charge in [-0.1, -0.05) is 170 Å². The lowest BCUT2D eigenvalue weighted by Gasteiger charge is -2.34. The van der Waals surface area contributed by atoms with E-state index in [1.54, 1.807) is 48.5 Å². The van der Waals surface area contributed by atoms with Crippen molar-refractivity contribution in [2.45, 2.75) is 60.9 Å². The molecule has 0 heterocycles. The minimum Gasteiger partial charge on any atom is -0.507 e. The highest BCUT2D eigenvalue weighted by Gasteiger charge is 2.48. The number of phenols is 2. The van der Waals surface area contributed by atoms with Crippen LogP contribution in [0.2, 0.25) is 0 Å². The molecule has 23 heteroatoms. The second kappa shape index (κ2) is 35.2. The van der Waals surface area contributed by atoms with Gasteiger partial charge in [-0.05, 0) is 183 Å². The molecular weight excluding hydrogens is 1480 g/mol. The van der Waals surface area contributed by atoms with E-state index in [4.69, 9.17) is 42.6 Å². The summed E-state index contributed by atoms with van der Waals surface area (Å²) >= 11 is 0. The van der Waals surface area contributed by atoms with Crippen molar-refractivity contribution in [1.29, 1.82) is 0 Å². The average molecular weight is 1570 g/mol. The number of aromatic carboxylic acids is 2. The zero-order valence-electron chi connectivity index (χ0n) is 62.4. The van der Waals surface area contributed by atoms with Gasteiger partial charge in [0.1, 0.15) is 117 Å². The zero-order valence-corrected chi connectivity index (χ0v) is 62.4. The summed E-state index contributed by atoms with van der Waals surface area (Å²) in [7, 11) is 0. The van der Waals surface area contributed by atoms with E-state index in [2.05, 4.69) is 48.5 Å². The maximum absolute atomic E-state index is 14.0. The molecule has 0 bridgehead atoms. The molecule has 590 valence electrons. The number of benzene rings is 11. The second-order valence-corrected chi connectivity index (χ2v) is 28.4. The number of esters is 5. The maximum Gasteiger partial charge on any atom is 0.342 e. The lowest BCUT2D eigenvalue weighted by molar-refractivity contribution is -0.158. The van der Waals surface area contributed by atoms with Crippen molar-refractivity contribution in [3.05, 3.63) is 333 Å². The van der Waals surface area contributed by atoms with Crippen molar-refractivity contribution in [3.63, 3.8) is 0 Å². The Morgan fingerprint density at radius 1 is 0.319 bits per heavy atom. The van der Waals surface area contributed by atoms with Gasteiger partial charge in [0.2, 0.25) is 0 Å². The van der Waals surface area contributed by atoms with Crippen LogP contribution in [0.15, 0.2) is 261 Å². The van der Waals surface area contributed by atoms with Crippen molar-refractivity contribution in [2.75, 3.05) is 52.9 Å². The van der Waals surface area contributed by atoms with Crippen LogP contribution in [0.3, 0.4) is 0 Å². The number of phenolic OH excluding ortho intramolecular Hbond substituents is 2. The monoisotopic (exact) mass is 1560 g/mol. The Bertz CT molecular complexity index is 5330. The minimum absolute atomic E-state index is 0.0200. The summed E-state index contributed by atoms with van der Waals surface area (Å²) in [5, 5.41) is 72.3. The zero-order chi connectivity index (χ0) is 81.0. The molecule has 0 amide bonds. The first kappa shape index (κ1) is 79.1. The molecule has 11 aromatic rings. The Morgan fingerprint density at radius 2 is 0.638 bits per heavy atom. The maximum atomic E-state index is 14.0. The van der Waals surface area contributed by atoms with Crippen LogP contribution in [-0.2, 0) is 44.1 Å². The van der Waals surface area contributed by atoms with E-state index in [1.165, 1.54) is 24.3 Å². The number of carboxylic acid groups (broad SMARTS) is 2. The number of fused-ring (bicyclic) bond motifs is 6. The molecule has 0 spiro atoms. The van der Waals surface area contributed by atoms with Crippen LogP contribution >= 0.6 is 0 Å². The minimum atomic E-state index is -1.59. The predicted octanol–water partition coefficient (Wildman–Crippen LogP) is 13.4. The molecule has 0 saturated heterocycles. The number of rotatable bonds is 32. The first-order valence-corrected chi connectivity index (χ1v) is 37.7. The summed E-state index contributed by atoms with van der Waals surface area (Å²) in [5.74, 6) is -7.10. The highest BCUT2D eigenvalue weighted by molar-refractivity contribution is 6.04. The van der Waals surface area contributed by atoms with Crippen molar-refractivity contribution < 1.29 is 112 Å². The molecule has 1 fully saturated rings. The number of carbonyl (C=O) groups excluding carboxylic acids is 5. The van der Waals surface area contributed by atoms with Gasteiger partial charge in [0, 0.05) is 0 Å². The number of ether oxygens (including phenoxy) is 9. The summed E-state index contributed by atoms with van der Waals surface area (Å²) < 4.78 is 52.0. The number of hydrogen-bond acceptors (Lipinski definition) is 21. The third kappa shape index (κ3) is 16.7. The Hall–Kier alpha value is -13.6. The van der Waals surface area contributed by atoms with Crippen LogP contribution in [0.1, 0.15) is 122 Å². The number of aliphatic hydroxyl groups excluding tert-OH is 3. The van der Waals surface area contributed by atoms with E-state index in [9.17, 15) is 69.3 Å². The van der Waals surface area contributed by atoms with E-state index < -0.39 is 113 Å². The molecule has 23 nitrogen and oxygen atoms in total. The van der Waals surface area contributed by atoms with Gasteiger partial charge in [-0.15, -0.1) is 0 Å². The van der Waals surface area contributed by atoms with Crippen LogP contribution < -0.4 is 18.9 Å². The number of carboxylic acids is 2. The van der Waals surface area contributed by atoms with Gasteiger partial charge in [0.25, 0.3) is 0 Å². The van der Waals surface area contributed by atoms with Gasteiger partial charge in [0.15, 0.2) is 6.10 Å². The van der Waals surface area contributed by atoms with Crippen molar-refractivity contribution in [2.24, 2.45) is 11.8 Å². The molecule has 1 saturated carbocycles. The summed E-state index contributed by atoms with van der Waals surface area (Å²) in [6, 6.07) is 77.1. The average Bonchev–Trinajstić information content (AvgIpc) is 1.55. The Kier molecular flexibility index (Phi) is 24.0. The van der Waals surface area contributed by atoms with Crippen LogP contribution in [-0.4, -0.2) is 155 Å². The molecule has 11 aromatic carbocycles. The summed E-state index contributed by atoms with van der Waals surface area (Å²) in [4.78, 5) is 90.8. The number of aliphatic hydroxyl groups is 3. The molecule has 14 rings (SSSR count). The first-order valence-electron chi connectivity index (χ1n) is 37.7. The molecule has 3 aliphatic carbocycles. The topological polar surface area (TPSA) is 344 Å². The van der Waals surface area contributed by atoms with Crippen molar-refractivity contribution >= 4 is 41.8 Å². The van der Waals surface area contributed by atoms with Gasteiger partial charge in [-0.3, -0.25) is 9.59 Å². The molecule has 4 unspecified atom stereocenters. The van der Waals surface area contributed by atoms with Crippen LogP contribution in [0.5, 0.6) is 34.5 Å². The van der Waals surface area contributed by atoms with Crippen molar-refractivity contribution in [3.8, 4) is 56.8 Å². The second-order valence-electron chi connectivity index (χ2n) is 28.4. The fraction of sp³-hybridized carbons (Fsp3) is 0.215. The first-order chi connectivity index (χ1) is 56.3. The molecular formula is C93H80O23. The lowest BCUT2D eigenvalue weighted by atomic mass is 9.68. The number of carbonyl (C=O) groups is 7. The Balaban J connectivity index is 0.592. The van der Waals surface area contributed by atoms with Gasteiger partial charge in [-0.25, -0.2) is 24.0 Å². The predicted molar refractivity (Wildman–Crippen MR) is 421 cm³/mol. The SMILES string of the molecule is O=C(O)c1ccc(C(=O)OC(COC(=O)C2CCC(C(=O)OCC(O)COc3ccc(C4(c5ccc(OCC(O)COC(=O)c6ccccc6O)cc5)c5ccccc5-c5ccccc54)cc3)CC2)COc2ccc(C3(c4ccc(OCC(O)COC(=O)c5ccccc5O)cc4)c4ccccc4-c4ccccc43)cc2)c(C(=O)O)c1. The number of aromatic hydroxyl groups is 2. The largest absolute Gasteiger partial charge is 0.507 e. The fourth-order valence-electron chi connectivity index (χ4n) is 15.5. The molecule has 3 aliphatic rings. The quantitative estimate of drug-likeness (QED) is 0.0152. The third-order valence-corrected chi connectivity index (χ3v) is 21.1. The standard InChI is InChI=1S/C93H80O23/c94-63(48-108-66-38-30-59(31-39-66)92(79-19-7-1-13-71(79)72-14-2-8-20-80(72)92)60-32-40-67(41-33-60)109-49-64(95)52-113-89(105)76-17-5-11-23-83(76)97)51-112-87(103)56-25-27-57(28-26-56)88(104)115-55-70(116-91(107)75-46-29-58(85(99)100)47-78(75)86(101)102)54-111-69-44-36-62(37-45-69)93(81-21-9-3-15-73(81)74-16-4-10-22-82(74)93)61-34-42-68(43-35-61)110-50-65(96)53-114-90(106)77-18-6-12-24-84(77)98/h1-24,29-47,56-57,63-65,70,94-98H,25-28,48-55H2,(H,99,100)(H,101,102). The Labute approximate surface area is 666 Å². The number of para-hydroxylation sites is 2. The van der Waals surface area contributed by atoms with Crippen molar-refractivity contribution in [1.82, 2.24) is 0 Å². The fourth-order valence-corrected chi connectivity index (χ4v) is 15.5. The number of hydrogen-bond donors (Lipinski definition) is 7. The highest BCUT2D eigenvalue weighted by Crippen LogP contribution is 2.58. The molecule has 0 aliphatic heterocycles. The summed E-state index contributed by atoms with van der Waals surface area (Å²) in [6.07, 6.45) is -3.98. The smallest absolute Gasteiger partial charge is 0.342 e. The van der Waals surface area contributed by atoms with E-state index in [-0.39, 0.29) is 93.5 Å². The van der Waals surface area contributed by atoms with Gasteiger partial charge < -0.3 is 78.4 Å². The van der Waals surface area contributed by atoms with E-state index >= 15 is 0 Å². The highest BCUT2D eigenvalue weighted by atomic mass is 16.6. The molecule has 7 N–H and O–H groups in total. The van der Waals surface area contributed by atoms with Crippen LogP contribution in [0.25, 0.3) is 22.3 Å². The molecule has 4 atom stereocenters. The van der Waals surface area contributed by atoms with Gasteiger partial charge in [0.05, 0.1) is 39.4 Å². The summed E-state index contributed by atoms with van der Waals surface area (Å²) in [5.41, 5.74) is 8.47. The molecule has 0 aromatic heterocycles. The summed E-state index contributed by atoms with van der Waals surface area (Å²) in [6.45, 7) is -2.68. The van der Waals surface area contributed by atoms with Gasteiger partial charge >= 0.3 is 41.8 Å². The molecule has 0 radical (unpaired) electrons. The molecule has 116 heavy (non-hydrogen) atoms. The van der Waals surface area contributed by atoms with Crippen LogP contribution in [0, 0.1) is 11.8 Å². The third-order valence-electron chi connectivity index (χ3n) is 21.1. The van der Waals surface area contributed by atoms with E-state index in [0.29, 0.717) is 23.0 Å². The van der Waals surface area contributed by atoms with Gasteiger partial charge in [-0.2, -0.15) is 0 Å².